The highest BCUT2D eigenvalue weighted by Crippen LogP contribution is 2.69. The standard InChI is InChI=1S/C17H24O3/c1-9-6-7-12-15(17(12,4)5)13-10(2)8-19-16(14(9)13)20-11(3)18/h8,12-16H,1,6-7H2,2-5H3/t12-,13-,14-,15-,16+/m0/s1. The fraction of sp³-hybridized carbons (Fsp3) is 0.706. The largest absolute Gasteiger partial charge is 0.462 e. The Balaban J connectivity index is 1.96. The summed E-state index contributed by atoms with van der Waals surface area (Å²) in [5, 5.41) is 0. The van der Waals surface area contributed by atoms with Crippen molar-refractivity contribution in [2.45, 2.75) is 46.8 Å². The fourth-order valence-corrected chi connectivity index (χ4v) is 4.57. The molecule has 20 heavy (non-hydrogen) atoms. The van der Waals surface area contributed by atoms with Crippen molar-refractivity contribution >= 4 is 5.97 Å². The number of hydrogen-bond acceptors (Lipinski definition) is 3. The Labute approximate surface area is 121 Å². The first kappa shape index (κ1) is 13.7. The molecule has 0 spiro atoms. The number of esters is 1. The predicted octanol–water partition coefficient (Wildman–Crippen LogP) is 3.66. The molecule has 0 N–H and O–H groups in total. The zero-order valence-electron chi connectivity index (χ0n) is 12.8. The molecule has 1 heterocycles. The fourth-order valence-electron chi connectivity index (χ4n) is 4.57. The van der Waals surface area contributed by atoms with Crippen LogP contribution < -0.4 is 0 Å². The van der Waals surface area contributed by atoms with E-state index in [1.165, 1.54) is 24.5 Å². The van der Waals surface area contributed by atoms with Gasteiger partial charge in [-0.3, -0.25) is 4.79 Å². The summed E-state index contributed by atoms with van der Waals surface area (Å²) in [5.41, 5.74) is 2.83. The molecule has 3 aliphatic rings. The second-order valence-electron chi connectivity index (χ2n) is 7.18. The maximum atomic E-state index is 11.3. The van der Waals surface area contributed by atoms with Gasteiger partial charge in [-0.2, -0.15) is 0 Å². The van der Waals surface area contributed by atoms with Crippen molar-refractivity contribution in [3.05, 3.63) is 24.0 Å². The summed E-state index contributed by atoms with van der Waals surface area (Å²) >= 11 is 0. The molecule has 110 valence electrons. The number of carbonyl (C=O) groups is 1. The van der Waals surface area contributed by atoms with Gasteiger partial charge in [-0.25, -0.2) is 0 Å². The van der Waals surface area contributed by atoms with Crippen molar-refractivity contribution < 1.29 is 14.3 Å². The van der Waals surface area contributed by atoms with Crippen LogP contribution in [-0.2, 0) is 14.3 Å². The van der Waals surface area contributed by atoms with E-state index in [-0.39, 0.29) is 11.9 Å². The van der Waals surface area contributed by atoms with Crippen molar-refractivity contribution in [1.82, 2.24) is 0 Å². The van der Waals surface area contributed by atoms with E-state index in [1.54, 1.807) is 6.26 Å². The number of fused-ring (bicyclic) bond motifs is 3. The first-order valence-electron chi connectivity index (χ1n) is 7.51. The average molecular weight is 276 g/mol. The second-order valence-corrected chi connectivity index (χ2v) is 7.18. The Kier molecular flexibility index (Phi) is 3.00. The lowest BCUT2D eigenvalue weighted by atomic mass is 9.75. The molecule has 2 saturated carbocycles. The lowest BCUT2D eigenvalue weighted by Crippen LogP contribution is -2.39. The summed E-state index contributed by atoms with van der Waals surface area (Å²) < 4.78 is 11.1. The predicted molar refractivity (Wildman–Crippen MR) is 76.5 cm³/mol. The molecule has 3 heteroatoms. The Morgan fingerprint density at radius 3 is 2.80 bits per heavy atom. The first-order valence-corrected chi connectivity index (χ1v) is 7.51. The highest BCUT2D eigenvalue weighted by atomic mass is 16.7. The molecule has 0 radical (unpaired) electrons. The van der Waals surface area contributed by atoms with Crippen LogP contribution in [0, 0.1) is 29.1 Å². The maximum absolute atomic E-state index is 11.3. The van der Waals surface area contributed by atoms with Crippen LogP contribution in [0.15, 0.2) is 24.0 Å². The lowest BCUT2D eigenvalue weighted by Gasteiger charge is -2.38. The van der Waals surface area contributed by atoms with Gasteiger partial charge in [0.2, 0.25) is 6.29 Å². The molecule has 0 amide bonds. The average Bonchev–Trinajstić information content (AvgIpc) is 2.93. The van der Waals surface area contributed by atoms with Gasteiger partial charge in [0.15, 0.2) is 0 Å². The number of rotatable bonds is 1. The van der Waals surface area contributed by atoms with Crippen molar-refractivity contribution in [3.8, 4) is 0 Å². The number of carbonyl (C=O) groups excluding carboxylic acids is 1. The smallest absolute Gasteiger partial charge is 0.305 e. The summed E-state index contributed by atoms with van der Waals surface area (Å²) in [6.45, 7) is 12.5. The molecule has 3 nitrogen and oxygen atoms in total. The zero-order valence-corrected chi connectivity index (χ0v) is 12.8. The molecule has 0 saturated heterocycles. The van der Waals surface area contributed by atoms with Gasteiger partial charge in [-0.05, 0) is 42.6 Å². The summed E-state index contributed by atoms with van der Waals surface area (Å²) in [5.74, 6) is 1.65. The highest BCUT2D eigenvalue weighted by molar-refractivity contribution is 5.66. The highest BCUT2D eigenvalue weighted by Gasteiger charge is 2.64. The molecule has 5 atom stereocenters. The van der Waals surface area contributed by atoms with E-state index >= 15 is 0 Å². The van der Waals surface area contributed by atoms with Crippen LogP contribution in [-0.4, -0.2) is 12.3 Å². The maximum Gasteiger partial charge on any atom is 0.305 e. The Morgan fingerprint density at radius 2 is 2.15 bits per heavy atom. The van der Waals surface area contributed by atoms with Crippen LogP contribution >= 0.6 is 0 Å². The normalized spacial score (nSPS) is 41.5. The molecule has 2 fully saturated rings. The quantitative estimate of drug-likeness (QED) is 0.541. The van der Waals surface area contributed by atoms with E-state index in [1.807, 2.05) is 0 Å². The Morgan fingerprint density at radius 1 is 1.45 bits per heavy atom. The van der Waals surface area contributed by atoms with E-state index in [2.05, 4.69) is 27.4 Å². The zero-order chi connectivity index (χ0) is 14.7. The van der Waals surface area contributed by atoms with E-state index in [9.17, 15) is 4.79 Å². The van der Waals surface area contributed by atoms with Gasteiger partial charge >= 0.3 is 5.97 Å². The van der Waals surface area contributed by atoms with Crippen LogP contribution in [0.3, 0.4) is 0 Å². The monoisotopic (exact) mass is 276 g/mol. The van der Waals surface area contributed by atoms with Crippen molar-refractivity contribution in [2.24, 2.45) is 29.1 Å². The molecule has 3 rings (SSSR count). The molecule has 0 unspecified atom stereocenters. The summed E-state index contributed by atoms with van der Waals surface area (Å²) in [6.07, 6.45) is 3.51. The van der Waals surface area contributed by atoms with Gasteiger partial charge in [0, 0.05) is 12.8 Å². The SMILES string of the molecule is C=C1CC[C@H]2[C@@H]([C@H]3C(C)=CO[C@H](OC(C)=O)[C@@H]13)C2(C)C. The van der Waals surface area contributed by atoms with Crippen LogP contribution in [0.1, 0.15) is 40.5 Å². The van der Waals surface area contributed by atoms with Gasteiger partial charge in [-0.15, -0.1) is 0 Å². The summed E-state index contributed by atoms with van der Waals surface area (Å²) in [4.78, 5) is 11.3. The topological polar surface area (TPSA) is 35.5 Å². The third-order valence-corrected chi connectivity index (χ3v) is 5.65. The summed E-state index contributed by atoms with van der Waals surface area (Å²) in [7, 11) is 0. The van der Waals surface area contributed by atoms with E-state index in [0.717, 1.165) is 12.3 Å². The molecule has 2 aliphatic carbocycles. The van der Waals surface area contributed by atoms with Crippen molar-refractivity contribution in [1.29, 1.82) is 0 Å². The lowest BCUT2D eigenvalue weighted by molar-refractivity contribution is -0.180. The molecule has 0 aromatic carbocycles. The minimum atomic E-state index is -0.496. The molecule has 0 aromatic rings. The number of allylic oxidation sites excluding steroid dienone is 1. The third kappa shape index (κ3) is 1.90. The van der Waals surface area contributed by atoms with E-state index in [4.69, 9.17) is 9.47 Å². The van der Waals surface area contributed by atoms with Crippen LogP contribution in [0.4, 0.5) is 0 Å². The molecule has 0 bridgehead atoms. The van der Waals surface area contributed by atoms with Crippen LogP contribution in [0.25, 0.3) is 0 Å². The third-order valence-electron chi connectivity index (χ3n) is 5.65. The van der Waals surface area contributed by atoms with Gasteiger partial charge in [0.05, 0.1) is 12.2 Å². The van der Waals surface area contributed by atoms with Gasteiger partial charge in [0.1, 0.15) is 0 Å². The molecule has 0 aromatic heterocycles. The van der Waals surface area contributed by atoms with Gasteiger partial charge in [0.25, 0.3) is 0 Å². The minimum absolute atomic E-state index is 0.112. The second kappa shape index (κ2) is 4.37. The van der Waals surface area contributed by atoms with Gasteiger partial charge < -0.3 is 9.47 Å². The Hall–Kier alpha value is -1.25. The van der Waals surface area contributed by atoms with Crippen molar-refractivity contribution in [3.63, 3.8) is 0 Å². The Bertz CT molecular complexity index is 488. The molecular formula is C17H24O3. The number of ether oxygens (including phenoxy) is 2. The molecule has 1 aliphatic heterocycles. The number of hydrogen-bond donors (Lipinski definition) is 0. The van der Waals surface area contributed by atoms with E-state index in [0.29, 0.717) is 17.3 Å². The van der Waals surface area contributed by atoms with Crippen LogP contribution in [0.5, 0.6) is 0 Å². The van der Waals surface area contributed by atoms with Crippen LogP contribution in [0.2, 0.25) is 0 Å². The minimum Gasteiger partial charge on any atom is -0.462 e. The van der Waals surface area contributed by atoms with Gasteiger partial charge in [-0.1, -0.05) is 26.0 Å². The van der Waals surface area contributed by atoms with Crippen molar-refractivity contribution in [2.75, 3.05) is 0 Å². The van der Waals surface area contributed by atoms with E-state index < -0.39 is 6.29 Å². The first-order chi connectivity index (χ1) is 9.34. The molecular weight excluding hydrogens is 252 g/mol. The summed E-state index contributed by atoms with van der Waals surface area (Å²) in [6, 6.07) is 0.